The maximum atomic E-state index is 12.3. The van der Waals surface area contributed by atoms with Crippen molar-refractivity contribution in [2.45, 2.75) is 36.9 Å². The van der Waals surface area contributed by atoms with E-state index in [0.29, 0.717) is 0 Å². The van der Waals surface area contributed by atoms with Crippen molar-refractivity contribution in [1.82, 2.24) is 14.9 Å². The molecular weight excluding hydrogens is 298 g/mol. The van der Waals surface area contributed by atoms with Crippen molar-refractivity contribution < 1.29 is 9.90 Å². The molecule has 0 bridgehead atoms. The number of carbonyl (C=O) groups excluding carboxylic acids is 1. The first-order chi connectivity index (χ1) is 10.5. The van der Waals surface area contributed by atoms with Crippen molar-refractivity contribution in [2.75, 3.05) is 0 Å². The quantitative estimate of drug-likeness (QED) is 0.802. The molecule has 0 fully saturated rings. The van der Waals surface area contributed by atoms with E-state index in [1.807, 2.05) is 51.2 Å². The Bertz CT molecular complexity index is 628. The minimum atomic E-state index is -0.265. The molecule has 0 spiro atoms. The van der Waals surface area contributed by atoms with Gasteiger partial charge in [0.15, 0.2) is 5.16 Å². The molecule has 1 heterocycles. The maximum Gasteiger partial charge on any atom is 0.233 e. The van der Waals surface area contributed by atoms with E-state index in [4.69, 9.17) is 0 Å². The van der Waals surface area contributed by atoms with Crippen molar-refractivity contribution >= 4 is 17.7 Å². The molecule has 0 saturated heterocycles. The SMILES string of the molecule is C[C@@H](Sc1ncc(CO)n1C)C(=O)N[C@H](C)c1ccccc1. The highest BCUT2D eigenvalue weighted by Gasteiger charge is 2.19. The highest BCUT2D eigenvalue weighted by atomic mass is 32.2. The summed E-state index contributed by atoms with van der Waals surface area (Å²) in [5, 5.41) is 12.6. The molecule has 22 heavy (non-hydrogen) atoms. The predicted octanol–water partition coefficient (Wildman–Crippen LogP) is 2.27. The predicted molar refractivity (Wildman–Crippen MR) is 87.4 cm³/mol. The van der Waals surface area contributed by atoms with Gasteiger partial charge in [0.25, 0.3) is 0 Å². The second kappa shape index (κ2) is 7.47. The van der Waals surface area contributed by atoms with Gasteiger partial charge in [-0.2, -0.15) is 0 Å². The van der Waals surface area contributed by atoms with Crippen molar-refractivity contribution in [3.05, 3.63) is 47.8 Å². The average molecular weight is 319 g/mol. The topological polar surface area (TPSA) is 67.2 Å². The number of thioether (sulfide) groups is 1. The maximum absolute atomic E-state index is 12.3. The van der Waals surface area contributed by atoms with Crippen molar-refractivity contribution in [3.8, 4) is 0 Å². The molecule has 0 aliphatic heterocycles. The number of aromatic nitrogens is 2. The van der Waals surface area contributed by atoms with Gasteiger partial charge >= 0.3 is 0 Å². The first kappa shape index (κ1) is 16.6. The van der Waals surface area contributed by atoms with E-state index in [2.05, 4.69) is 10.3 Å². The summed E-state index contributed by atoms with van der Waals surface area (Å²) in [4.78, 5) is 16.5. The monoisotopic (exact) mass is 319 g/mol. The normalized spacial score (nSPS) is 13.6. The largest absolute Gasteiger partial charge is 0.390 e. The van der Waals surface area contributed by atoms with E-state index in [1.54, 1.807) is 10.8 Å². The number of carbonyl (C=O) groups is 1. The minimum Gasteiger partial charge on any atom is -0.390 e. The summed E-state index contributed by atoms with van der Waals surface area (Å²) in [6, 6.07) is 9.83. The third-order valence-electron chi connectivity index (χ3n) is 3.51. The third-order valence-corrected chi connectivity index (χ3v) is 4.67. The van der Waals surface area contributed by atoms with Crippen LogP contribution in [0.3, 0.4) is 0 Å². The van der Waals surface area contributed by atoms with Crippen LogP contribution >= 0.6 is 11.8 Å². The zero-order chi connectivity index (χ0) is 16.1. The number of nitrogens with one attached hydrogen (secondary N) is 1. The Morgan fingerprint density at radius 1 is 1.36 bits per heavy atom. The Balaban J connectivity index is 1.96. The number of aliphatic hydroxyl groups excluding tert-OH is 1. The van der Waals surface area contributed by atoms with Crippen LogP contribution in [-0.2, 0) is 18.4 Å². The lowest BCUT2D eigenvalue weighted by molar-refractivity contribution is -0.120. The summed E-state index contributed by atoms with van der Waals surface area (Å²) < 4.78 is 1.80. The molecule has 5 nitrogen and oxygen atoms in total. The number of rotatable bonds is 6. The number of benzene rings is 1. The fourth-order valence-electron chi connectivity index (χ4n) is 2.05. The smallest absolute Gasteiger partial charge is 0.233 e. The van der Waals surface area contributed by atoms with Crippen molar-refractivity contribution in [3.63, 3.8) is 0 Å². The van der Waals surface area contributed by atoms with E-state index in [9.17, 15) is 9.90 Å². The molecule has 2 rings (SSSR count). The van der Waals surface area contributed by atoms with Crippen LogP contribution in [0.15, 0.2) is 41.7 Å². The van der Waals surface area contributed by atoms with Gasteiger partial charge in [0.05, 0.1) is 29.8 Å². The fraction of sp³-hybridized carbons (Fsp3) is 0.375. The summed E-state index contributed by atoms with van der Waals surface area (Å²) in [5.74, 6) is -0.0325. The fourth-order valence-corrected chi connectivity index (χ4v) is 2.93. The Morgan fingerprint density at radius 3 is 2.64 bits per heavy atom. The van der Waals surface area contributed by atoms with Gasteiger partial charge in [-0.25, -0.2) is 4.98 Å². The number of amides is 1. The Kier molecular flexibility index (Phi) is 5.63. The lowest BCUT2D eigenvalue weighted by Crippen LogP contribution is -2.33. The van der Waals surface area contributed by atoms with Crippen LogP contribution in [0.1, 0.15) is 31.1 Å². The molecule has 0 unspecified atom stereocenters. The van der Waals surface area contributed by atoms with Gasteiger partial charge in [-0.1, -0.05) is 42.1 Å². The Labute approximate surface area is 134 Å². The Hall–Kier alpha value is -1.79. The van der Waals surface area contributed by atoms with Crippen LogP contribution < -0.4 is 5.32 Å². The molecule has 118 valence electrons. The van der Waals surface area contributed by atoms with Gasteiger partial charge in [-0.05, 0) is 19.4 Å². The number of aliphatic hydroxyl groups is 1. The van der Waals surface area contributed by atoms with E-state index < -0.39 is 0 Å². The molecule has 2 N–H and O–H groups in total. The van der Waals surface area contributed by atoms with Crippen LogP contribution in [0, 0.1) is 0 Å². The van der Waals surface area contributed by atoms with Crippen LogP contribution in [0.2, 0.25) is 0 Å². The summed E-state index contributed by atoms with van der Waals surface area (Å²) in [7, 11) is 1.83. The average Bonchev–Trinajstić information content (AvgIpc) is 2.88. The summed E-state index contributed by atoms with van der Waals surface area (Å²) in [5.41, 5.74) is 1.81. The molecule has 0 aliphatic rings. The number of nitrogens with zero attached hydrogens (tertiary/aromatic N) is 2. The lowest BCUT2D eigenvalue weighted by atomic mass is 10.1. The van der Waals surface area contributed by atoms with Gasteiger partial charge in [0, 0.05) is 7.05 Å². The number of hydrogen-bond acceptors (Lipinski definition) is 4. The summed E-state index contributed by atoms with van der Waals surface area (Å²) in [6.45, 7) is 3.76. The van der Waals surface area contributed by atoms with Gasteiger partial charge in [-0.15, -0.1) is 0 Å². The lowest BCUT2D eigenvalue weighted by Gasteiger charge is -2.17. The molecule has 0 aliphatic carbocycles. The standard InChI is InChI=1S/C16H21N3O2S/c1-11(13-7-5-4-6-8-13)18-15(21)12(2)22-16-17-9-14(10-20)19(16)3/h4-9,11-12,20H,10H2,1-3H3,(H,18,21)/t11-,12-/m1/s1. The second-order valence-electron chi connectivity index (χ2n) is 5.15. The molecule has 1 amide bonds. The minimum absolute atomic E-state index is 0.0325. The van der Waals surface area contributed by atoms with Gasteiger partial charge in [0.1, 0.15) is 0 Å². The van der Waals surface area contributed by atoms with Crippen LogP contribution in [0.25, 0.3) is 0 Å². The Morgan fingerprint density at radius 2 is 2.05 bits per heavy atom. The third kappa shape index (κ3) is 3.90. The molecular formula is C16H21N3O2S. The van der Waals surface area contributed by atoms with Gasteiger partial charge in [-0.3, -0.25) is 4.79 Å². The van der Waals surface area contributed by atoms with E-state index >= 15 is 0 Å². The zero-order valence-corrected chi connectivity index (χ0v) is 13.8. The number of hydrogen-bond donors (Lipinski definition) is 2. The number of imidazole rings is 1. The van der Waals surface area contributed by atoms with Crippen LogP contribution in [0.5, 0.6) is 0 Å². The summed E-state index contributed by atoms with van der Waals surface area (Å²) >= 11 is 1.38. The van der Waals surface area contributed by atoms with Crippen molar-refractivity contribution in [1.29, 1.82) is 0 Å². The van der Waals surface area contributed by atoms with Crippen LogP contribution in [-0.4, -0.2) is 25.8 Å². The molecule has 0 radical (unpaired) electrons. The molecule has 6 heteroatoms. The van der Waals surface area contributed by atoms with Gasteiger partial charge < -0.3 is 15.0 Å². The van der Waals surface area contributed by atoms with Gasteiger partial charge in [0.2, 0.25) is 5.91 Å². The molecule has 0 saturated carbocycles. The van der Waals surface area contributed by atoms with E-state index in [1.165, 1.54) is 11.8 Å². The molecule has 1 aromatic heterocycles. The molecule has 1 aromatic carbocycles. The highest BCUT2D eigenvalue weighted by molar-refractivity contribution is 8.00. The van der Waals surface area contributed by atoms with E-state index in [-0.39, 0.29) is 23.8 Å². The molecule has 2 aromatic rings. The summed E-state index contributed by atoms with van der Waals surface area (Å²) in [6.07, 6.45) is 1.62. The highest BCUT2D eigenvalue weighted by Crippen LogP contribution is 2.23. The molecule has 2 atom stereocenters. The van der Waals surface area contributed by atoms with Crippen LogP contribution in [0.4, 0.5) is 0 Å². The first-order valence-corrected chi connectivity index (χ1v) is 8.04. The second-order valence-corrected chi connectivity index (χ2v) is 6.46. The van der Waals surface area contributed by atoms with E-state index in [0.717, 1.165) is 16.4 Å². The van der Waals surface area contributed by atoms with Crippen molar-refractivity contribution in [2.24, 2.45) is 7.05 Å². The zero-order valence-electron chi connectivity index (χ0n) is 13.0. The first-order valence-electron chi connectivity index (χ1n) is 7.16.